The van der Waals surface area contributed by atoms with Crippen LogP contribution in [-0.2, 0) is 6.42 Å². The Morgan fingerprint density at radius 2 is 1.93 bits per heavy atom. The molecular formula is C31H31F3N6. The molecule has 3 aromatic heterocycles. The molecule has 1 aliphatic carbocycles. The predicted molar refractivity (Wildman–Crippen MR) is 148 cm³/mol. The number of nitrogens with zero attached hydrogens (tertiary/aromatic N) is 5. The van der Waals surface area contributed by atoms with Crippen molar-refractivity contribution in [3.05, 3.63) is 89.5 Å². The van der Waals surface area contributed by atoms with Gasteiger partial charge in [0.1, 0.15) is 11.5 Å². The van der Waals surface area contributed by atoms with Gasteiger partial charge < -0.3 is 14.6 Å². The number of imidazole rings is 1. The van der Waals surface area contributed by atoms with E-state index in [-0.39, 0.29) is 18.3 Å². The molecule has 6 nitrogen and oxygen atoms in total. The Morgan fingerprint density at radius 3 is 2.70 bits per heavy atom. The molecule has 0 radical (unpaired) electrons. The zero-order chi connectivity index (χ0) is 27.5. The quantitative estimate of drug-likeness (QED) is 0.330. The van der Waals surface area contributed by atoms with Crippen molar-refractivity contribution < 1.29 is 13.2 Å². The highest BCUT2D eigenvalue weighted by molar-refractivity contribution is 5.66. The molecule has 3 fully saturated rings. The summed E-state index contributed by atoms with van der Waals surface area (Å²) in [4.78, 5) is 16.2. The lowest BCUT2D eigenvalue weighted by molar-refractivity contribution is 0.148. The van der Waals surface area contributed by atoms with E-state index in [1.807, 2.05) is 16.5 Å². The number of anilines is 1. The van der Waals surface area contributed by atoms with Gasteiger partial charge in [-0.15, -0.1) is 0 Å². The van der Waals surface area contributed by atoms with Crippen LogP contribution in [0.25, 0.3) is 16.8 Å². The molecule has 0 saturated carbocycles. The third-order valence-corrected chi connectivity index (χ3v) is 8.83. The maximum Gasteiger partial charge on any atom is 0.242 e. The second kappa shape index (κ2) is 9.64. The fourth-order valence-electron chi connectivity index (χ4n) is 6.86. The topological polar surface area (TPSA) is 58.4 Å². The molecule has 2 unspecified atom stereocenters. The van der Waals surface area contributed by atoms with Crippen molar-refractivity contribution in [3.8, 4) is 11.1 Å². The smallest absolute Gasteiger partial charge is 0.242 e. The minimum atomic E-state index is -2.43. The molecule has 40 heavy (non-hydrogen) atoms. The predicted octanol–water partition coefficient (Wildman–Crippen LogP) is 6.08. The highest BCUT2D eigenvalue weighted by Crippen LogP contribution is 2.46. The second-order valence-corrected chi connectivity index (χ2v) is 11.4. The summed E-state index contributed by atoms with van der Waals surface area (Å²) >= 11 is 0. The standard InChI is InChI=1S/C31H31F3N6/c1-17-9-24(23-6-4-3-5-19(23)10-27(33)34)30-29(17)38-28-11-26(32)25(16-40(28)30)21-12-35-31(36-13-21)39-14-20-7-8-22(15-39)37-18(20)2/h3-6,11-13,16-17,20,22,24,27,37H,2,7-10,14-15H2,1H3/t17-,20?,22?,24-/m1/s1. The highest BCUT2D eigenvalue weighted by atomic mass is 19.3. The molecule has 4 atom stereocenters. The number of hydrogen-bond donors (Lipinski definition) is 1. The van der Waals surface area contributed by atoms with E-state index in [1.54, 1.807) is 30.7 Å². The van der Waals surface area contributed by atoms with Crippen LogP contribution in [-0.4, -0.2) is 44.9 Å². The first-order valence-corrected chi connectivity index (χ1v) is 14.0. The number of benzene rings is 1. The lowest BCUT2D eigenvalue weighted by Crippen LogP contribution is -2.38. The third-order valence-electron chi connectivity index (χ3n) is 8.83. The van der Waals surface area contributed by atoms with Crippen LogP contribution in [0, 0.1) is 11.7 Å². The van der Waals surface area contributed by atoms with Gasteiger partial charge >= 0.3 is 0 Å². The van der Waals surface area contributed by atoms with Crippen molar-refractivity contribution in [1.82, 2.24) is 24.7 Å². The van der Waals surface area contributed by atoms with Crippen LogP contribution < -0.4 is 10.2 Å². The zero-order valence-electron chi connectivity index (χ0n) is 22.3. The molecular weight excluding hydrogens is 513 g/mol. The maximum atomic E-state index is 15.4. The van der Waals surface area contributed by atoms with Gasteiger partial charge in [-0.1, -0.05) is 37.8 Å². The van der Waals surface area contributed by atoms with Crippen LogP contribution in [0.2, 0.25) is 0 Å². The minimum absolute atomic E-state index is 0.103. The van der Waals surface area contributed by atoms with Crippen LogP contribution in [0.3, 0.4) is 0 Å². The Balaban J connectivity index is 1.25. The molecule has 4 aliphatic rings. The van der Waals surface area contributed by atoms with Crippen LogP contribution in [0.5, 0.6) is 0 Å². The summed E-state index contributed by atoms with van der Waals surface area (Å²) < 4.78 is 44.1. The molecule has 1 aromatic carbocycles. The van der Waals surface area contributed by atoms with Gasteiger partial charge in [-0.05, 0) is 30.4 Å². The number of alkyl halides is 2. The van der Waals surface area contributed by atoms with Crippen molar-refractivity contribution in [1.29, 1.82) is 0 Å². The van der Waals surface area contributed by atoms with Crippen molar-refractivity contribution in [2.24, 2.45) is 5.92 Å². The molecule has 9 heteroatoms. The van der Waals surface area contributed by atoms with E-state index in [0.717, 1.165) is 55.0 Å². The molecule has 206 valence electrons. The summed E-state index contributed by atoms with van der Waals surface area (Å²) in [6.07, 6.45) is 5.38. The summed E-state index contributed by atoms with van der Waals surface area (Å²) in [5.74, 6) is 0.623. The number of halogens is 3. The minimum Gasteiger partial charge on any atom is -0.384 e. The Hall–Kier alpha value is -3.88. The highest BCUT2D eigenvalue weighted by Gasteiger charge is 2.36. The normalized spacial score (nSPS) is 24.0. The number of piperidine rings is 1. The first kappa shape index (κ1) is 25.1. The van der Waals surface area contributed by atoms with Gasteiger partial charge in [0.05, 0.1) is 11.4 Å². The lowest BCUT2D eigenvalue weighted by Gasteiger charge is -2.26. The van der Waals surface area contributed by atoms with Crippen molar-refractivity contribution >= 4 is 11.6 Å². The molecule has 0 spiro atoms. The van der Waals surface area contributed by atoms with Gasteiger partial charge in [-0.25, -0.2) is 28.1 Å². The van der Waals surface area contributed by atoms with Gasteiger partial charge in [0.25, 0.3) is 0 Å². The summed E-state index contributed by atoms with van der Waals surface area (Å²) in [5, 5.41) is 3.50. The fraction of sp³-hybridized carbons (Fsp3) is 0.387. The number of aromatic nitrogens is 4. The summed E-state index contributed by atoms with van der Waals surface area (Å²) in [5.41, 5.74) is 5.92. The zero-order valence-corrected chi connectivity index (χ0v) is 22.3. The van der Waals surface area contributed by atoms with E-state index in [1.165, 1.54) is 6.07 Å². The summed E-state index contributed by atoms with van der Waals surface area (Å²) in [7, 11) is 0. The lowest BCUT2D eigenvalue weighted by atomic mass is 9.90. The number of hydrogen-bond acceptors (Lipinski definition) is 5. The Bertz CT molecular complexity index is 1600. The third kappa shape index (κ3) is 4.22. The molecule has 8 rings (SSSR count). The summed E-state index contributed by atoms with van der Waals surface area (Å²) in [6, 6.07) is 9.18. The van der Waals surface area contributed by atoms with Gasteiger partial charge in [0.15, 0.2) is 0 Å². The van der Waals surface area contributed by atoms with Gasteiger partial charge in [-0.2, -0.15) is 0 Å². The first-order chi connectivity index (χ1) is 19.4. The number of pyridine rings is 1. The SMILES string of the molecule is C=C1NC2CCC1CN(c1ncc(-c3cn4c5c(nc4cc3F)[C@H](C)C[C@@H]5c3ccccc3CC(F)F)cn1)C2. The van der Waals surface area contributed by atoms with E-state index in [2.05, 4.69) is 33.7 Å². The molecule has 3 aliphatic heterocycles. The van der Waals surface area contributed by atoms with Crippen LogP contribution in [0.15, 0.2) is 61.2 Å². The molecule has 3 saturated heterocycles. The van der Waals surface area contributed by atoms with Crippen molar-refractivity contribution in [2.75, 3.05) is 18.0 Å². The Labute approximate surface area is 231 Å². The van der Waals surface area contributed by atoms with E-state index in [0.29, 0.717) is 40.2 Å². The van der Waals surface area contributed by atoms with E-state index >= 15 is 4.39 Å². The van der Waals surface area contributed by atoms with E-state index in [4.69, 9.17) is 4.98 Å². The Kier molecular flexibility index (Phi) is 6.05. The number of fused-ring (bicyclic) bond motifs is 7. The monoisotopic (exact) mass is 544 g/mol. The van der Waals surface area contributed by atoms with Gasteiger partial charge in [0, 0.05) is 84.8 Å². The van der Waals surface area contributed by atoms with Crippen LogP contribution >= 0.6 is 0 Å². The van der Waals surface area contributed by atoms with Crippen LogP contribution in [0.4, 0.5) is 19.1 Å². The van der Waals surface area contributed by atoms with E-state index < -0.39 is 12.2 Å². The molecule has 6 heterocycles. The average Bonchev–Trinajstić information content (AvgIpc) is 3.30. The fourth-order valence-corrected chi connectivity index (χ4v) is 6.86. The maximum absolute atomic E-state index is 15.4. The molecule has 4 aromatic rings. The first-order valence-electron chi connectivity index (χ1n) is 14.0. The van der Waals surface area contributed by atoms with Gasteiger partial charge in [0.2, 0.25) is 12.4 Å². The number of rotatable bonds is 5. The van der Waals surface area contributed by atoms with Crippen molar-refractivity contribution in [2.45, 2.75) is 56.9 Å². The molecule has 0 amide bonds. The Morgan fingerprint density at radius 1 is 1.12 bits per heavy atom. The summed E-state index contributed by atoms with van der Waals surface area (Å²) in [6.45, 7) is 7.89. The number of nitrogens with one attached hydrogen (secondary N) is 1. The van der Waals surface area contributed by atoms with Crippen LogP contribution in [0.1, 0.15) is 60.5 Å². The van der Waals surface area contributed by atoms with Crippen molar-refractivity contribution in [3.63, 3.8) is 0 Å². The second-order valence-electron chi connectivity index (χ2n) is 11.4. The average molecular weight is 545 g/mol. The van der Waals surface area contributed by atoms with E-state index in [9.17, 15) is 8.78 Å². The largest absolute Gasteiger partial charge is 0.384 e. The molecule has 2 bridgehead atoms. The van der Waals surface area contributed by atoms with Gasteiger partial charge in [-0.3, -0.25) is 0 Å². The molecule has 1 N–H and O–H groups in total.